The molecule has 2 heterocycles. The van der Waals surface area contributed by atoms with Crippen LogP contribution in [0.1, 0.15) is 65.5 Å². The van der Waals surface area contributed by atoms with Crippen molar-refractivity contribution in [1.82, 2.24) is 30.4 Å². The topological polar surface area (TPSA) is 96.8 Å². The van der Waals surface area contributed by atoms with Gasteiger partial charge in [0.25, 0.3) is 0 Å². The first kappa shape index (κ1) is 20.1. The van der Waals surface area contributed by atoms with Crippen LogP contribution in [0.15, 0.2) is 24.5 Å². The molecule has 8 nitrogen and oxygen atoms in total. The van der Waals surface area contributed by atoms with E-state index in [4.69, 9.17) is 5.10 Å². The lowest BCUT2D eigenvalue weighted by Crippen LogP contribution is -2.43. The van der Waals surface area contributed by atoms with Gasteiger partial charge in [-0.25, -0.2) is 19.4 Å². The van der Waals surface area contributed by atoms with Crippen molar-refractivity contribution in [3.05, 3.63) is 30.2 Å². The Morgan fingerprint density at radius 2 is 1.93 bits per heavy atom. The maximum atomic E-state index is 12.0. The second-order valence-corrected chi connectivity index (χ2v) is 8.71. The lowest BCUT2D eigenvalue weighted by Gasteiger charge is -2.22. The third kappa shape index (κ3) is 4.99. The lowest BCUT2D eigenvalue weighted by atomic mass is 10.0. The maximum Gasteiger partial charge on any atom is 0.315 e. The second kappa shape index (κ2) is 8.16. The summed E-state index contributed by atoms with van der Waals surface area (Å²) in [5, 5.41) is 14.2. The van der Waals surface area contributed by atoms with E-state index in [1.807, 2.05) is 18.5 Å². The number of amides is 2. The van der Waals surface area contributed by atoms with Crippen LogP contribution in [0.4, 0.5) is 16.6 Å². The van der Waals surface area contributed by atoms with Gasteiger partial charge in [-0.2, -0.15) is 5.10 Å². The molecule has 1 saturated carbocycles. The molecule has 0 aliphatic heterocycles. The number of hydrogen-bond donors (Lipinski definition) is 3. The normalized spacial score (nSPS) is 19.6. The van der Waals surface area contributed by atoms with Crippen molar-refractivity contribution >= 4 is 17.8 Å². The quantitative estimate of drug-likeness (QED) is 0.732. The predicted molar refractivity (Wildman–Crippen MR) is 110 cm³/mol. The maximum absolute atomic E-state index is 12.0. The van der Waals surface area contributed by atoms with Crippen LogP contribution in [-0.4, -0.2) is 37.9 Å². The average molecular weight is 386 g/mol. The second-order valence-electron chi connectivity index (χ2n) is 8.71. The summed E-state index contributed by atoms with van der Waals surface area (Å²) in [6.07, 6.45) is 6.29. The van der Waals surface area contributed by atoms with E-state index in [1.165, 1.54) is 0 Å². The molecular formula is C20H31N7O. The predicted octanol–water partition coefficient (Wildman–Crippen LogP) is 3.52. The molecule has 2 aromatic heterocycles. The van der Waals surface area contributed by atoms with Crippen molar-refractivity contribution in [3.63, 3.8) is 0 Å². The molecule has 1 fully saturated rings. The summed E-state index contributed by atoms with van der Waals surface area (Å²) in [4.78, 5) is 20.5. The minimum atomic E-state index is -0.178. The number of nitrogens with one attached hydrogen (secondary N) is 3. The fourth-order valence-electron chi connectivity index (χ4n) is 3.55. The van der Waals surface area contributed by atoms with Gasteiger partial charge < -0.3 is 16.0 Å². The fraction of sp³-hybridized carbons (Fsp3) is 0.600. The first-order chi connectivity index (χ1) is 13.2. The van der Waals surface area contributed by atoms with E-state index in [-0.39, 0.29) is 23.7 Å². The molecule has 2 atom stereocenters. The SMILES string of the molecule is CC(C)NC(=O)N[C@@H]1CC[C@H](c2cc(Nc3ncccn3)n(C(C)(C)C)n2)C1. The van der Waals surface area contributed by atoms with Crippen LogP contribution in [-0.2, 0) is 5.54 Å². The summed E-state index contributed by atoms with van der Waals surface area (Å²) in [6, 6.07) is 4.09. The summed E-state index contributed by atoms with van der Waals surface area (Å²) < 4.78 is 1.99. The van der Waals surface area contributed by atoms with Crippen molar-refractivity contribution in [3.8, 4) is 0 Å². The largest absolute Gasteiger partial charge is 0.336 e. The average Bonchev–Trinajstić information content (AvgIpc) is 3.21. The number of nitrogens with zero attached hydrogens (tertiary/aromatic N) is 4. The van der Waals surface area contributed by atoms with E-state index < -0.39 is 0 Å². The highest BCUT2D eigenvalue weighted by Crippen LogP contribution is 2.36. The van der Waals surface area contributed by atoms with Gasteiger partial charge in [0.2, 0.25) is 5.95 Å². The van der Waals surface area contributed by atoms with Crippen molar-refractivity contribution in [1.29, 1.82) is 0 Å². The highest BCUT2D eigenvalue weighted by atomic mass is 16.2. The molecule has 3 rings (SSSR count). The number of rotatable bonds is 5. The Kier molecular flexibility index (Phi) is 5.86. The van der Waals surface area contributed by atoms with Gasteiger partial charge in [0.1, 0.15) is 5.82 Å². The molecule has 0 bridgehead atoms. The molecule has 2 aromatic rings. The van der Waals surface area contributed by atoms with Gasteiger partial charge in [-0.05, 0) is 59.9 Å². The summed E-state index contributed by atoms with van der Waals surface area (Å²) >= 11 is 0. The van der Waals surface area contributed by atoms with Gasteiger partial charge in [-0.3, -0.25) is 0 Å². The molecule has 1 aliphatic carbocycles. The van der Waals surface area contributed by atoms with E-state index in [2.05, 4.69) is 52.8 Å². The van der Waals surface area contributed by atoms with Gasteiger partial charge in [0, 0.05) is 36.5 Å². The van der Waals surface area contributed by atoms with Gasteiger partial charge in [-0.1, -0.05) is 0 Å². The Morgan fingerprint density at radius 3 is 2.57 bits per heavy atom. The zero-order valence-electron chi connectivity index (χ0n) is 17.4. The molecule has 0 radical (unpaired) electrons. The Bertz CT molecular complexity index is 795. The molecule has 2 amide bonds. The molecule has 0 spiro atoms. The van der Waals surface area contributed by atoms with E-state index >= 15 is 0 Å². The van der Waals surface area contributed by atoms with E-state index in [9.17, 15) is 4.79 Å². The smallest absolute Gasteiger partial charge is 0.315 e. The molecule has 28 heavy (non-hydrogen) atoms. The summed E-state index contributed by atoms with van der Waals surface area (Å²) in [5.74, 6) is 1.75. The third-order valence-electron chi connectivity index (χ3n) is 4.78. The summed E-state index contributed by atoms with van der Waals surface area (Å²) in [5.41, 5.74) is 0.866. The lowest BCUT2D eigenvalue weighted by molar-refractivity contribution is 0.234. The minimum Gasteiger partial charge on any atom is -0.336 e. The minimum absolute atomic E-state index is 0.0931. The number of aromatic nitrogens is 4. The molecule has 1 aliphatic rings. The number of urea groups is 1. The van der Waals surface area contributed by atoms with E-state index in [1.54, 1.807) is 18.5 Å². The Morgan fingerprint density at radius 1 is 1.21 bits per heavy atom. The van der Waals surface area contributed by atoms with Gasteiger partial charge in [0.15, 0.2) is 0 Å². The zero-order valence-corrected chi connectivity index (χ0v) is 17.4. The van der Waals surface area contributed by atoms with Crippen molar-refractivity contribution in [2.75, 3.05) is 5.32 Å². The molecule has 0 aromatic carbocycles. The van der Waals surface area contributed by atoms with E-state index in [0.717, 1.165) is 30.8 Å². The number of anilines is 2. The monoisotopic (exact) mass is 385 g/mol. The number of carbonyl (C=O) groups is 1. The van der Waals surface area contributed by atoms with Gasteiger partial charge in [0.05, 0.1) is 11.2 Å². The van der Waals surface area contributed by atoms with Gasteiger partial charge in [-0.15, -0.1) is 0 Å². The Labute approximate surface area is 166 Å². The van der Waals surface area contributed by atoms with Crippen LogP contribution in [0.5, 0.6) is 0 Å². The first-order valence-corrected chi connectivity index (χ1v) is 9.94. The van der Waals surface area contributed by atoms with Crippen LogP contribution < -0.4 is 16.0 Å². The number of hydrogen-bond acceptors (Lipinski definition) is 5. The van der Waals surface area contributed by atoms with Crippen molar-refractivity contribution < 1.29 is 4.79 Å². The van der Waals surface area contributed by atoms with Crippen molar-refractivity contribution in [2.45, 2.75) is 77.4 Å². The van der Waals surface area contributed by atoms with Crippen LogP contribution in [0.25, 0.3) is 0 Å². The van der Waals surface area contributed by atoms with Crippen molar-refractivity contribution in [2.24, 2.45) is 0 Å². The third-order valence-corrected chi connectivity index (χ3v) is 4.78. The molecule has 3 N–H and O–H groups in total. The number of carbonyl (C=O) groups excluding carboxylic acids is 1. The fourth-order valence-corrected chi connectivity index (χ4v) is 3.55. The van der Waals surface area contributed by atoms with Crippen LogP contribution in [0.3, 0.4) is 0 Å². The molecule has 0 unspecified atom stereocenters. The Balaban J connectivity index is 1.73. The van der Waals surface area contributed by atoms with Crippen LogP contribution >= 0.6 is 0 Å². The summed E-state index contributed by atoms with van der Waals surface area (Å²) in [6.45, 7) is 10.3. The van der Waals surface area contributed by atoms with Crippen LogP contribution in [0.2, 0.25) is 0 Å². The van der Waals surface area contributed by atoms with Gasteiger partial charge >= 0.3 is 6.03 Å². The zero-order chi connectivity index (χ0) is 20.3. The molecule has 152 valence electrons. The first-order valence-electron chi connectivity index (χ1n) is 9.94. The highest BCUT2D eigenvalue weighted by molar-refractivity contribution is 5.74. The molecule has 0 saturated heterocycles. The summed E-state index contributed by atoms with van der Waals surface area (Å²) in [7, 11) is 0. The highest BCUT2D eigenvalue weighted by Gasteiger charge is 2.31. The van der Waals surface area contributed by atoms with E-state index in [0.29, 0.717) is 11.9 Å². The molecular weight excluding hydrogens is 354 g/mol. The standard InChI is InChI=1S/C20H31N7O/c1-13(2)23-19(28)24-15-8-7-14(11-15)16-12-17(27(26-16)20(3,4)5)25-18-21-9-6-10-22-18/h6,9-10,12-15H,7-8,11H2,1-5H3,(H,21,22,25)(H2,23,24,28)/t14-,15+/m0/s1. The Hall–Kier alpha value is -2.64. The molecule has 8 heteroatoms. The van der Waals surface area contributed by atoms with Crippen LogP contribution in [0, 0.1) is 0 Å².